The SMILES string of the molecule is Cc1cc(C2CO2)ccc1-c1noc(-c2onc(-c3ccccc3)c2C)n1. The summed E-state index contributed by atoms with van der Waals surface area (Å²) in [6.07, 6.45) is 0.229. The monoisotopic (exact) mass is 359 g/mol. The van der Waals surface area contributed by atoms with Crippen LogP contribution in [0, 0.1) is 13.8 Å². The highest BCUT2D eigenvalue weighted by atomic mass is 16.6. The molecule has 0 spiro atoms. The van der Waals surface area contributed by atoms with E-state index in [1.165, 1.54) is 5.56 Å². The maximum Gasteiger partial charge on any atom is 0.297 e. The summed E-state index contributed by atoms with van der Waals surface area (Å²) in [5, 5.41) is 8.31. The van der Waals surface area contributed by atoms with Gasteiger partial charge in [-0.1, -0.05) is 58.8 Å². The van der Waals surface area contributed by atoms with Crippen LogP contribution < -0.4 is 0 Å². The van der Waals surface area contributed by atoms with Crippen molar-refractivity contribution in [2.24, 2.45) is 0 Å². The lowest BCUT2D eigenvalue weighted by Gasteiger charge is -2.03. The molecular weight excluding hydrogens is 342 g/mol. The highest BCUT2D eigenvalue weighted by Gasteiger charge is 2.26. The Morgan fingerprint density at radius 3 is 2.52 bits per heavy atom. The van der Waals surface area contributed by atoms with Gasteiger partial charge in [-0.15, -0.1) is 0 Å². The first-order chi connectivity index (χ1) is 13.2. The highest BCUT2D eigenvalue weighted by molar-refractivity contribution is 5.70. The van der Waals surface area contributed by atoms with Gasteiger partial charge in [-0.25, -0.2) is 0 Å². The zero-order chi connectivity index (χ0) is 18.4. The van der Waals surface area contributed by atoms with Crippen molar-refractivity contribution in [3.05, 3.63) is 65.2 Å². The normalized spacial score (nSPS) is 15.9. The molecule has 1 aliphatic rings. The Labute approximate surface area is 155 Å². The first-order valence-electron chi connectivity index (χ1n) is 8.79. The van der Waals surface area contributed by atoms with E-state index in [-0.39, 0.29) is 6.10 Å². The predicted molar refractivity (Wildman–Crippen MR) is 98.8 cm³/mol. The second-order valence-electron chi connectivity index (χ2n) is 6.67. The van der Waals surface area contributed by atoms with Gasteiger partial charge in [0.1, 0.15) is 11.8 Å². The number of epoxide rings is 1. The molecule has 0 radical (unpaired) electrons. The highest BCUT2D eigenvalue weighted by Crippen LogP contribution is 2.34. The van der Waals surface area contributed by atoms with E-state index < -0.39 is 0 Å². The average Bonchev–Trinajstić information content (AvgIpc) is 3.31. The van der Waals surface area contributed by atoms with Crippen LogP contribution >= 0.6 is 0 Å². The van der Waals surface area contributed by atoms with Crippen molar-refractivity contribution in [1.82, 2.24) is 15.3 Å². The average molecular weight is 359 g/mol. The summed E-state index contributed by atoms with van der Waals surface area (Å²) in [5.74, 6) is 1.35. The minimum atomic E-state index is 0.229. The summed E-state index contributed by atoms with van der Waals surface area (Å²) in [5.41, 5.74) is 5.81. The van der Waals surface area contributed by atoms with Crippen molar-refractivity contribution in [3.8, 4) is 34.3 Å². The van der Waals surface area contributed by atoms with E-state index in [1.54, 1.807) is 0 Å². The Morgan fingerprint density at radius 2 is 1.78 bits per heavy atom. The molecule has 4 aromatic rings. The lowest BCUT2D eigenvalue weighted by molar-refractivity contribution is 0.386. The Kier molecular flexibility index (Phi) is 3.65. The molecule has 2 aromatic carbocycles. The Morgan fingerprint density at radius 1 is 0.963 bits per heavy atom. The quantitative estimate of drug-likeness (QED) is 0.490. The van der Waals surface area contributed by atoms with E-state index in [0.29, 0.717) is 17.5 Å². The third-order valence-electron chi connectivity index (χ3n) is 4.79. The lowest BCUT2D eigenvalue weighted by atomic mass is 10.0. The number of rotatable bonds is 4. The summed E-state index contributed by atoms with van der Waals surface area (Å²) in [6, 6.07) is 16.0. The summed E-state index contributed by atoms with van der Waals surface area (Å²) in [7, 11) is 0. The molecule has 3 heterocycles. The number of hydrogen-bond acceptors (Lipinski definition) is 6. The van der Waals surface area contributed by atoms with Crippen molar-refractivity contribution < 1.29 is 13.8 Å². The van der Waals surface area contributed by atoms with Gasteiger partial charge in [0.2, 0.25) is 11.6 Å². The second kappa shape index (κ2) is 6.17. The van der Waals surface area contributed by atoms with Crippen molar-refractivity contribution in [3.63, 3.8) is 0 Å². The third-order valence-corrected chi connectivity index (χ3v) is 4.79. The number of hydrogen-bond donors (Lipinski definition) is 0. The fourth-order valence-corrected chi connectivity index (χ4v) is 3.20. The van der Waals surface area contributed by atoms with Gasteiger partial charge >= 0.3 is 0 Å². The Hall–Kier alpha value is -3.25. The van der Waals surface area contributed by atoms with Crippen LogP contribution in [0.15, 0.2) is 57.6 Å². The van der Waals surface area contributed by atoms with Gasteiger partial charge < -0.3 is 13.8 Å². The summed E-state index contributed by atoms with van der Waals surface area (Å²) in [6.45, 7) is 4.76. The molecule has 0 N–H and O–H groups in total. The molecule has 0 amide bonds. The smallest absolute Gasteiger partial charge is 0.297 e. The zero-order valence-corrected chi connectivity index (χ0v) is 15.0. The molecule has 1 fully saturated rings. The van der Waals surface area contributed by atoms with Crippen LogP contribution in [-0.2, 0) is 4.74 Å². The number of aromatic nitrogens is 3. The summed E-state index contributed by atoms with van der Waals surface area (Å²) >= 11 is 0. The molecular formula is C21H17N3O3. The van der Waals surface area contributed by atoms with E-state index in [4.69, 9.17) is 13.8 Å². The molecule has 5 rings (SSSR count). The van der Waals surface area contributed by atoms with Crippen molar-refractivity contribution in [2.75, 3.05) is 6.61 Å². The van der Waals surface area contributed by atoms with Crippen LogP contribution in [0.25, 0.3) is 34.3 Å². The third kappa shape index (κ3) is 2.84. The Balaban J connectivity index is 1.49. The van der Waals surface area contributed by atoms with Crippen LogP contribution in [0.5, 0.6) is 0 Å². The van der Waals surface area contributed by atoms with Crippen LogP contribution in [0.3, 0.4) is 0 Å². The van der Waals surface area contributed by atoms with Crippen LogP contribution in [0.4, 0.5) is 0 Å². The minimum Gasteiger partial charge on any atom is -0.368 e. The molecule has 134 valence electrons. The molecule has 6 heteroatoms. The van der Waals surface area contributed by atoms with Gasteiger partial charge in [-0.2, -0.15) is 4.98 Å². The minimum absolute atomic E-state index is 0.229. The van der Waals surface area contributed by atoms with Crippen molar-refractivity contribution in [2.45, 2.75) is 20.0 Å². The van der Waals surface area contributed by atoms with Crippen LogP contribution in [0.2, 0.25) is 0 Å². The number of nitrogens with zero attached hydrogens (tertiary/aromatic N) is 3. The largest absolute Gasteiger partial charge is 0.368 e. The fraction of sp³-hybridized carbons (Fsp3) is 0.190. The van der Waals surface area contributed by atoms with Crippen LogP contribution in [-0.4, -0.2) is 21.9 Å². The van der Waals surface area contributed by atoms with Crippen molar-refractivity contribution in [1.29, 1.82) is 0 Å². The van der Waals surface area contributed by atoms with Gasteiger partial charge in [-0.3, -0.25) is 0 Å². The van der Waals surface area contributed by atoms with Gasteiger partial charge in [0, 0.05) is 16.7 Å². The number of ether oxygens (including phenoxy) is 1. The van der Waals surface area contributed by atoms with E-state index in [0.717, 1.165) is 34.6 Å². The van der Waals surface area contributed by atoms with Crippen LogP contribution in [0.1, 0.15) is 22.8 Å². The van der Waals surface area contributed by atoms with Gasteiger partial charge in [-0.05, 0) is 25.0 Å². The first kappa shape index (κ1) is 16.0. The summed E-state index contributed by atoms with van der Waals surface area (Å²) < 4.78 is 16.3. The lowest BCUT2D eigenvalue weighted by Crippen LogP contribution is -1.89. The van der Waals surface area contributed by atoms with E-state index in [2.05, 4.69) is 21.4 Å². The molecule has 1 saturated heterocycles. The molecule has 0 aliphatic carbocycles. The molecule has 0 bridgehead atoms. The maximum absolute atomic E-state index is 5.51. The van der Waals surface area contributed by atoms with Gasteiger partial charge in [0.05, 0.1) is 6.61 Å². The zero-order valence-electron chi connectivity index (χ0n) is 15.0. The molecule has 1 unspecified atom stereocenters. The predicted octanol–water partition coefficient (Wildman–Crippen LogP) is 4.75. The van der Waals surface area contributed by atoms with E-state index >= 15 is 0 Å². The molecule has 1 atom stereocenters. The molecule has 6 nitrogen and oxygen atoms in total. The standard InChI is InChI=1S/C21H17N3O3/c1-12-10-15(17-11-25-17)8-9-16(12)20-22-21(27-24-20)19-13(2)18(23-26-19)14-6-4-3-5-7-14/h3-10,17H,11H2,1-2H3. The summed E-state index contributed by atoms with van der Waals surface area (Å²) in [4.78, 5) is 4.53. The second-order valence-corrected chi connectivity index (χ2v) is 6.67. The van der Waals surface area contributed by atoms with Gasteiger partial charge in [0.15, 0.2) is 0 Å². The Bertz CT molecular complexity index is 1110. The fourth-order valence-electron chi connectivity index (χ4n) is 3.20. The van der Waals surface area contributed by atoms with E-state index in [1.807, 2.05) is 56.3 Å². The first-order valence-corrected chi connectivity index (χ1v) is 8.79. The number of benzene rings is 2. The molecule has 1 aliphatic heterocycles. The van der Waals surface area contributed by atoms with Gasteiger partial charge in [0.25, 0.3) is 5.89 Å². The molecule has 27 heavy (non-hydrogen) atoms. The van der Waals surface area contributed by atoms with E-state index in [9.17, 15) is 0 Å². The van der Waals surface area contributed by atoms with Crippen molar-refractivity contribution >= 4 is 0 Å². The number of aryl methyl sites for hydroxylation is 1. The molecule has 0 saturated carbocycles. The maximum atomic E-state index is 5.51. The molecule has 2 aromatic heterocycles. The topological polar surface area (TPSA) is 77.5 Å².